The molecule has 2 rings (SSSR count). The first-order valence-corrected chi connectivity index (χ1v) is 8.70. The Bertz CT molecular complexity index is 602. The predicted molar refractivity (Wildman–Crippen MR) is 98.1 cm³/mol. The smallest absolute Gasteiger partial charge is 0.493 e. The normalized spacial score (nSPS) is 18.9. The zero-order chi connectivity index (χ0) is 18.9. The highest BCUT2D eigenvalue weighted by molar-refractivity contribution is 6.63. The highest BCUT2D eigenvalue weighted by Gasteiger charge is 2.52. The summed E-state index contributed by atoms with van der Waals surface area (Å²) in [5.41, 5.74) is -0.495. The molecule has 0 amide bonds. The van der Waals surface area contributed by atoms with Gasteiger partial charge in [0.05, 0.1) is 24.2 Å². The van der Waals surface area contributed by atoms with E-state index in [1.807, 2.05) is 72.7 Å². The lowest BCUT2D eigenvalue weighted by Gasteiger charge is -2.32. The number of carbonyl (C=O) groups excluding carboxylic acids is 1. The van der Waals surface area contributed by atoms with E-state index in [1.165, 1.54) is 0 Å². The number of carbonyl (C=O) groups is 1. The molecule has 1 aliphatic rings. The number of para-hydroxylation sites is 1. The first kappa shape index (κ1) is 19.8. The summed E-state index contributed by atoms with van der Waals surface area (Å²) in [5.74, 6) is 0.380. The van der Waals surface area contributed by atoms with Crippen LogP contribution in [0.15, 0.2) is 24.3 Å². The van der Waals surface area contributed by atoms with Crippen molar-refractivity contribution in [3.8, 4) is 5.75 Å². The maximum Gasteiger partial charge on any atom is 0.498 e. The number of rotatable bonds is 5. The Morgan fingerprint density at radius 3 is 2.20 bits per heavy atom. The Kier molecular flexibility index (Phi) is 5.54. The Morgan fingerprint density at radius 1 is 1.08 bits per heavy atom. The van der Waals surface area contributed by atoms with E-state index in [0.29, 0.717) is 5.75 Å². The predicted octanol–water partition coefficient (Wildman–Crippen LogP) is 3.10. The number of benzene rings is 1. The fourth-order valence-corrected chi connectivity index (χ4v) is 2.41. The van der Waals surface area contributed by atoms with E-state index in [0.717, 1.165) is 5.46 Å². The largest absolute Gasteiger partial charge is 0.498 e. The molecule has 0 saturated carbocycles. The van der Waals surface area contributed by atoms with Gasteiger partial charge in [0.25, 0.3) is 0 Å². The molecule has 1 saturated heterocycles. The molecule has 1 aromatic rings. The molecule has 0 atom stereocenters. The van der Waals surface area contributed by atoms with Crippen molar-refractivity contribution in [3.63, 3.8) is 0 Å². The van der Waals surface area contributed by atoms with Gasteiger partial charge >= 0.3 is 13.1 Å². The van der Waals surface area contributed by atoms with Gasteiger partial charge in [-0.05, 0) is 54.5 Å². The molecule has 0 radical (unpaired) electrons. The maximum absolute atomic E-state index is 11.8. The molecule has 1 heterocycles. The van der Waals surface area contributed by atoms with Gasteiger partial charge in [0, 0.05) is 5.46 Å². The lowest BCUT2D eigenvalue weighted by molar-refractivity contribution is -0.155. The number of esters is 1. The highest BCUT2D eigenvalue weighted by atomic mass is 16.7. The third kappa shape index (κ3) is 4.99. The molecule has 0 spiro atoms. The van der Waals surface area contributed by atoms with Crippen LogP contribution in [0, 0.1) is 0 Å². The molecule has 0 N–H and O–H groups in total. The van der Waals surface area contributed by atoms with Crippen molar-refractivity contribution < 1.29 is 23.6 Å². The zero-order valence-electron chi connectivity index (χ0n) is 16.3. The third-order valence-corrected chi connectivity index (χ3v) is 4.41. The van der Waals surface area contributed by atoms with Crippen LogP contribution in [-0.4, -0.2) is 36.5 Å². The summed E-state index contributed by atoms with van der Waals surface area (Å²) >= 11 is 0. The van der Waals surface area contributed by atoms with Crippen molar-refractivity contribution in [3.05, 3.63) is 24.3 Å². The quantitative estimate of drug-likeness (QED) is 0.605. The first-order chi connectivity index (χ1) is 11.4. The molecule has 6 heteroatoms. The summed E-state index contributed by atoms with van der Waals surface area (Å²) in [6.07, 6.45) is 0.189. The van der Waals surface area contributed by atoms with Crippen molar-refractivity contribution in [2.24, 2.45) is 0 Å². The topological polar surface area (TPSA) is 54.0 Å². The molecule has 0 bridgehead atoms. The van der Waals surface area contributed by atoms with Gasteiger partial charge in [0.1, 0.15) is 11.4 Å². The lowest BCUT2D eigenvalue weighted by atomic mass is 9.78. The van der Waals surface area contributed by atoms with Crippen LogP contribution in [0.4, 0.5) is 0 Å². The van der Waals surface area contributed by atoms with Crippen LogP contribution in [0.3, 0.4) is 0 Å². The van der Waals surface area contributed by atoms with E-state index in [9.17, 15) is 4.79 Å². The average Bonchev–Trinajstić information content (AvgIpc) is 2.66. The number of hydrogen-bond acceptors (Lipinski definition) is 5. The van der Waals surface area contributed by atoms with Gasteiger partial charge in [-0.2, -0.15) is 0 Å². The monoisotopic (exact) mass is 348 g/mol. The molecule has 1 fully saturated rings. The summed E-state index contributed by atoms with van der Waals surface area (Å²) in [7, 11) is -0.497. The molecule has 1 aromatic carbocycles. The summed E-state index contributed by atoms with van der Waals surface area (Å²) in [4.78, 5) is 11.8. The molecule has 0 aromatic heterocycles. The van der Waals surface area contributed by atoms with Gasteiger partial charge in [-0.25, -0.2) is 0 Å². The van der Waals surface area contributed by atoms with Gasteiger partial charge in [-0.1, -0.05) is 18.2 Å². The molecular weight excluding hydrogens is 319 g/mol. The summed E-state index contributed by atoms with van der Waals surface area (Å²) < 4.78 is 23.3. The molecule has 5 nitrogen and oxygen atoms in total. The van der Waals surface area contributed by atoms with E-state index < -0.39 is 23.9 Å². The number of ether oxygens (including phenoxy) is 2. The van der Waals surface area contributed by atoms with E-state index in [2.05, 4.69) is 0 Å². The minimum atomic E-state index is -0.497. The summed E-state index contributed by atoms with van der Waals surface area (Å²) in [6, 6.07) is 7.58. The van der Waals surface area contributed by atoms with E-state index in [1.54, 1.807) is 0 Å². The van der Waals surface area contributed by atoms with E-state index in [-0.39, 0.29) is 19.0 Å². The van der Waals surface area contributed by atoms with Crippen LogP contribution in [-0.2, 0) is 18.8 Å². The average molecular weight is 348 g/mol. The van der Waals surface area contributed by atoms with Crippen LogP contribution in [0.25, 0.3) is 0 Å². The Balaban J connectivity index is 2.01. The Morgan fingerprint density at radius 2 is 1.64 bits per heavy atom. The second-order valence-corrected chi connectivity index (χ2v) is 8.31. The fourth-order valence-electron chi connectivity index (χ4n) is 2.41. The van der Waals surface area contributed by atoms with Gasteiger partial charge < -0.3 is 18.8 Å². The van der Waals surface area contributed by atoms with E-state index >= 15 is 0 Å². The van der Waals surface area contributed by atoms with Crippen molar-refractivity contribution in [1.29, 1.82) is 0 Å². The molecule has 1 aliphatic heterocycles. The van der Waals surface area contributed by atoms with Crippen molar-refractivity contribution in [2.45, 2.75) is 71.7 Å². The van der Waals surface area contributed by atoms with E-state index in [4.69, 9.17) is 18.8 Å². The maximum atomic E-state index is 11.8. The molecular formula is C19H29BO5. The molecule has 25 heavy (non-hydrogen) atoms. The summed E-state index contributed by atoms with van der Waals surface area (Å²) in [5, 5.41) is 0. The second-order valence-electron chi connectivity index (χ2n) is 8.31. The van der Waals surface area contributed by atoms with Crippen molar-refractivity contribution >= 4 is 18.6 Å². The fraction of sp³-hybridized carbons (Fsp3) is 0.632. The van der Waals surface area contributed by atoms with Gasteiger partial charge in [0.15, 0.2) is 0 Å². The van der Waals surface area contributed by atoms with Crippen LogP contribution in [0.1, 0.15) is 54.9 Å². The van der Waals surface area contributed by atoms with Crippen LogP contribution in [0.2, 0.25) is 0 Å². The zero-order valence-corrected chi connectivity index (χ0v) is 16.3. The van der Waals surface area contributed by atoms with Crippen LogP contribution in [0.5, 0.6) is 5.75 Å². The lowest BCUT2D eigenvalue weighted by Crippen LogP contribution is -2.41. The summed E-state index contributed by atoms with van der Waals surface area (Å²) in [6.45, 7) is 13.8. The first-order valence-electron chi connectivity index (χ1n) is 8.70. The van der Waals surface area contributed by atoms with Gasteiger partial charge in [-0.15, -0.1) is 0 Å². The second kappa shape index (κ2) is 7.00. The Hall–Kier alpha value is -1.53. The standard InChI is InChI=1S/C19H29BO5/c1-17(2,3)23-16(21)12-13-22-15-11-9-8-10-14(15)20-24-18(4,5)19(6,7)25-20/h8-11H,12-13H2,1-7H3. The van der Waals surface area contributed by atoms with Gasteiger partial charge in [0.2, 0.25) is 0 Å². The van der Waals surface area contributed by atoms with Crippen LogP contribution >= 0.6 is 0 Å². The van der Waals surface area contributed by atoms with Crippen molar-refractivity contribution in [2.75, 3.05) is 6.61 Å². The third-order valence-electron chi connectivity index (χ3n) is 4.41. The number of hydrogen-bond donors (Lipinski definition) is 0. The molecule has 0 unspecified atom stereocenters. The van der Waals surface area contributed by atoms with Gasteiger partial charge in [-0.3, -0.25) is 4.79 Å². The Labute approximate surface area is 151 Å². The van der Waals surface area contributed by atoms with Crippen molar-refractivity contribution in [1.82, 2.24) is 0 Å². The molecule has 138 valence electrons. The highest BCUT2D eigenvalue weighted by Crippen LogP contribution is 2.37. The minimum Gasteiger partial charge on any atom is -0.493 e. The minimum absolute atomic E-state index is 0.189. The van der Waals surface area contributed by atoms with Crippen LogP contribution < -0.4 is 10.2 Å². The molecule has 0 aliphatic carbocycles. The SMILES string of the molecule is CC(C)(C)OC(=O)CCOc1ccccc1B1OC(C)(C)C(C)(C)O1.